The number of hydrogen-bond acceptors (Lipinski definition) is 1. The second kappa shape index (κ2) is 8.72. The quantitative estimate of drug-likeness (QED) is 0.222. The molecule has 0 aliphatic rings. The third kappa shape index (κ3) is 3.48. The van der Waals surface area contributed by atoms with Gasteiger partial charge in [0.1, 0.15) is 11.2 Å². The summed E-state index contributed by atoms with van der Waals surface area (Å²) in [5, 5.41) is 7.40. The van der Waals surface area contributed by atoms with Gasteiger partial charge in [-0.15, -0.1) is 0 Å². The average Bonchev–Trinajstić information content (AvgIpc) is 3.40. The molecule has 0 aliphatic carbocycles. The molecular formula is C38H24O. The van der Waals surface area contributed by atoms with Crippen LogP contribution < -0.4 is 0 Å². The van der Waals surface area contributed by atoms with Gasteiger partial charge < -0.3 is 4.42 Å². The van der Waals surface area contributed by atoms with Crippen LogP contribution in [-0.2, 0) is 0 Å². The number of fused-ring (bicyclic) bond motifs is 6. The van der Waals surface area contributed by atoms with Crippen LogP contribution in [0.4, 0.5) is 0 Å². The van der Waals surface area contributed by atoms with E-state index in [0.29, 0.717) is 0 Å². The van der Waals surface area contributed by atoms with Gasteiger partial charge in [0.25, 0.3) is 0 Å². The van der Waals surface area contributed by atoms with Gasteiger partial charge in [0.2, 0.25) is 0 Å². The molecule has 7 aromatic carbocycles. The van der Waals surface area contributed by atoms with Crippen molar-refractivity contribution in [1.29, 1.82) is 0 Å². The van der Waals surface area contributed by atoms with E-state index in [1.807, 2.05) is 6.07 Å². The zero-order valence-corrected chi connectivity index (χ0v) is 21.3. The molecule has 0 bridgehead atoms. The first-order chi connectivity index (χ1) is 19.3. The maximum absolute atomic E-state index is 6.64. The summed E-state index contributed by atoms with van der Waals surface area (Å²) in [5.74, 6) is 0. The molecule has 182 valence electrons. The Morgan fingerprint density at radius 1 is 0.308 bits per heavy atom. The molecular weight excluding hydrogens is 472 g/mol. The zero-order valence-electron chi connectivity index (χ0n) is 21.3. The molecule has 0 saturated heterocycles. The van der Waals surface area contributed by atoms with Crippen LogP contribution in [0, 0.1) is 0 Å². The Morgan fingerprint density at radius 2 is 0.795 bits per heavy atom. The summed E-state index contributed by atoms with van der Waals surface area (Å²) < 4.78 is 6.64. The van der Waals surface area contributed by atoms with E-state index in [1.54, 1.807) is 0 Å². The minimum Gasteiger partial charge on any atom is -0.455 e. The summed E-state index contributed by atoms with van der Waals surface area (Å²) in [5.41, 5.74) is 8.87. The molecule has 0 amide bonds. The third-order valence-electron chi connectivity index (χ3n) is 7.88. The fraction of sp³-hybridized carbons (Fsp3) is 0. The highest BCUT2D eigenvalue weighted by molar-refractivity contribution is 6.14. The number of hydrogen-bond donors (Lipinski definition) is 0. The molecule has 0 saturated carbocycles. The van der Waals surface area contributed by atoms with Gasteiger partial charge in [0, 0.05) is 21.9 Å². The smallest absolute Gasteiger partial charge is 0.143 e. The van der Waals surface area contributed by atoms with E-state index in [9.17, 15) is 0 Å². The molecule has 0 N–H and O–H groups in total. The maximum Gasteiger partial charge on any atom is 0.143 e. The van der Waals surface area contributed by atoms with Crippen LogP contribution in [0.3, 0.4) is 0 Å². The van der Waals surface area contributed by atoms with E-state index in [0.717, 1.165) is 44.2 Å². The molecule has 1 aromatic heterocycles. The topological polar surface area (TPSA) is 13.1 Å². The van der Waals surface area contributed by atoms with E-state index in [1.165, 1.54) is 32.7 Å². The van der Waals surface area contributed by atoms with Crippen molar-refractivity contribution < 1.29 is 4.42 Å². The van der Waals surface area contributed by atoms with Crippen molar-refractivity contribution in [3.63, 3.8) is 0 Å². The first-order valence-electron chi connectivity index (χ1n) is 13.4. The molecule has 39 heavy (non-hydrogen) atoms. The van der Waals surface area contributed by atoms with Gasteiger partial charge in [-0.2, -0.15) is 0 Å². The average molecular weight is 497 g/mol. The van der Waals surface area contributed by atoms with Crippen LogP contribution in [0.25, 0.3) is 76.9 Å². The van der Waals surface area contributed by atoms with Crippen molar-refractivity contribution >= 4 is 43.5 Å². The normalized spacial score (nSPS) is 11.6. The van der Waals surface area contributed by atoms with Gasteiger partial charge in [-0.25, -0.2) is 0 Å². The first kappa shape index (κ1) is 21.9. The Balaban J connectivity index is 1.28. The molecule has 8 aromatic rings. The van der Waals surface area contributed by atoms with E-state index in [2.05, 4.69) is 140 Å². The molecule has 0 aliphatic heterocycles. The predicted octanol–water partition coefficient (Wildman–Crippen LogP) is 10.9. The number of rotatable bonds is 3. The molecule has 1 heterocycles. The van der Waals surface area contributed by atoms with Crippen LogP contribution in [-0.4, -0.2) is 0 Å². The molecule has 0 unspecified atom stereocenters. The number of benzene rings is 7. The third-order valence-corrected chi connectivity index (χ3v) is 7.88. The van der Waals surface area contributed by atoms with E-state index < -0.39 is 0 Å². The first-order valence-corrected chi connectivity index (χ1v) is 13.4. The highest BCUT2D eigenvalue weighted by Gasteiger charge is 2.16. The lowest BCUT2D eigenvalue weighted by Crippen LogP contribution is -1.85. The summed E-state index contributed by atoms with van der Waals surface area (Å²) in [6, 6.07) is 51.9. The molecule has 8 rings (SSSR count). The van der Waals surface area contributed by atoms with Crippen LogP contribution in [0.5, 0.6) is 0 Å². The SMILES string of the molecule is c1ccc(-c2cccc3c2oc2c(-c4ccc(-c5cc6ccccc6c6ccccc56)cc4)cccc23)cc1. The largest absolute Gasteiger partial charge is 0.455 e. The fourth-order valence-electron chi connectivity index (χ4n) is 6.01. The van der Waals surface area contributed by atoms with Crippen LogP contribution >= 0.6 is 0 Å². The van der Waals surface area contributed by atoms with E-state index in [4.69, 9.17) is 4.42 Å². The minimum atomic E-state index is 0.930. The highest BCUT2D eigenvalue weighted by atomic mass is 16.3. The van der Waals surface area contributed by atoms with Crippen LogP contribution in [0.2, 0.25) is 0 Å². The van der Waals surface area contributed by atoms with E-state index in [-0.39, 0.29) is 0 Å². The summed E-state index contributed by atoms with van der Waals surface area (Å²) in [4.78, 5) is 0. The second-order valence-corrected chi connectivity index (χ2v) is 10.1. The Kier molecular flexibility index (Phi) is 4.89. The molecule has 0 radical (unpaired) electrons. The number of furan rings is 1. The summed E-state index contributed by atoms with van der Waals surface area (Å²) in [6.07, 6.45) is 0. The highest BCUT2D eigenvalue weighted by Crippen LogP contribution is 2.41. The van der Waals surface area contributed by atoms with Gasteiger partial charge in [-0.3, -0.25) is 0 Å². The van der Waals surface area contributed by atoms with Gasteiger partial charge in [-0.05, 0) is 49.9 Å². The summed E-state index contributed by atoms with van der Waals surface area (Å²) in [6.45, 7) is 0. The maximum atomic E-state index is 6.64. The van der Waals surface area contributed by atoms with Gasteiger partial charge in [0.05, 0.1) is 0 Å². The lowest BCUT2D eigenvalue weighted by Gasteiger charge is -2.12. The Labute approximate surface area is 226 Å². The van der Waals surface area contributed by atoms with Crippen molar-refractivity contribution in [2.45, 2.75) is 0 Å². The zero-order chi connectivity index (χ0) is 25.8. The van der Waals surface area contributed by atoms with Crippen molar-refractivity contribution in [3.8, 4) is 33.4 Å². The van der Waals surface area contributed by atoms with Crippen molar-refractivity contribution in [2.75, 3.05) is 0 Å². The molecule has 1 heteroatoms. The number of para-hydroxylation sites is 2. The minimum absolute atomic E-state index is 0.930. The second-order valence-electron chi connectivity index (χ2n) is 10.1. The standard InChI is InChI=1S/C38H24O/c1-2-10-25(11-3-1)30-16-8-18-34-35-19-9-17-31(38(35)39-37(30)34)26-20-22-27(23-21-26)36-24-28-12-4-5-13-29(28)32-14-6-7-15-33(32)36/h1-24H. The molecule has 1 nitrogen and oxygen atoms in total. The van der Waals surface area contributed by atoms with Gasteiger partial charge in [0.15, 0.2) is 0 Å². The van der Waals surface area contributed by atoms with E-state index >= 15 is 0 Å². The Bertz CT molecular complexity index is 2150. The van der Waals surface area contributed by atoms with Crippen LogP contribution in [0.15, 0.2) is 150 Å². The van der Waals surface area contributed by atoms with Crippen molar-refractivity contribution in [1.82, 2.24) is 0 Å². The Morgan fingerprint density at radius 3 is 1.46 bits per heavy atom. The molecule has 0 fully saturated rings. The summed E-state index contributed by atoms with van der Waals surface area (Å²) >= 11 is 0. The Hall–Kier alpha value is -5.14. The lowest BCUT2D eigenvalue weighted by molar-refractivity contribution is 0.671. The van der Waals surface area contributed by atoms with Gasteiger partial charge >= 0.3 is 0 Å². The fourth-order valence-corrected chi connectivity index (χ4v) is 6.01. The van der Waals surface area contributed by atoms with Crippen molar-refractivity contribution in [3.05, 3.63) is 146 Å². The molecule has 0 spiro atoms. The van der Waals surface area contributed by atoms with Crippen molar-refractivity contribution in [2.24, 2.45) is 0 Å². The lowest BCUT2D eigenvalue weighted by atomic mass is 9.92. The summed E-state index contributed by atoms with van der Waals surface area (Å²) in [7, 11) is 0. The van der Waals surface area contributed by atoms with Gasteiger partial charge in [-0.1, -0.05) is 140 Å². The monoisotopic (exact) mass is 496 g/mol. The van der Waals surface area contributed by atoms with Crippen LogP contribution in [0.1, 0.15) is 0 Å². The predicted molar refractivity (Wildman–Crippen MR) is 165 cm³/mol. The molecule has 0 atom stereocenters.